The van der Waals surface area contributed by atoms with Crippen molar-refractivity contribution in [2.45, 2.75) is 18.5 Å². The van der Waals surface area contributed by atoms with Gasteiger partial charge in [0.2, 0.25) is 17.7 Å². The monoisotopic (exact) mass is 372 g/mol. The maximum atomic E-state index is 12.2. The summed E-state index contributed by atoms with van der Waals surface area (Å²) in [7, 11) is 0. The number of carboxylic acids is 1. The number of thiol groups is 1. The van der Waals surface area contributed by atoms with Gasteiger partial charge in [-0.1, -0.05) is 0 Å². The van der Waals surface area contributed by atoms with Crippen LogP contribution in [0.1, 0.15) is 5.69 Å². The first-order valence-electron chi connectivity index (χ1n) is 7.23. The van der Waals surface area contributed by atoms with Crippen LogP contribution in [0.3, 0.4) is 0 Å². The molecule has 138 valence electrons. The number of carboxylic acid groups (broad SMARTS) is 1. The summed E-state index contributed by atoms with van der Waals surface area (Å²) in [6.07, 6.45) is 3.02. The van der Waals surface area contributed by atoms with Crippen LogP contribution in [0.15, 0.2) is 12.5 Å². The van der Waals surface area contributed by atoms with E-state index in [1.807, 2.05) is 0 Å². The molecular formula is C13H20N6O5S. The molecule has 7 N–H and O–H groups in total. The van der Waals surface area contributed by atoms with Crippen molar-refractivity contribution in [1.29, 1.82) is 0 Å². The molecule has 0 saturated heterocycles. The molecule has 25 heavy (non-hydrogen) atoms. The third-order valence-electron chi connectivity index (χ3n) is 3.01. The number of nitrogens with zero attached hydrogens (tertiary/aromatic N) is 1. The lowest BCUT2D eigenvalue weighted by molar-refractivity contribution is -0.138. The molecule has 0 aliphatic heterocycles. The van der Waals surface area contributed by atoms with Crippen LogP contribution in [0.4, 0.5) is 0 Å². The number of carbonyl (C=O) groups excluding carboxylic acids is 3. The molecular weight excluding hydrogens is 352 g/mol. The Labute approximate surface area is 148 Å². The number of H-pyrrole nitrogens is 1. The smallest absolute Gasteiger partial charge is 0.322 e. The van der Waals surface area contributed by atoms with Crippen LogP contribution in [0.2, 0.25) is 0 Å². The van der Waals surface area contributed by atoms with Gasteiger partial charge >= 0.3 is 5.97 Å². The molecule has 0 aliphatic rings. The molecule has 0 spiro atoms. The predicted molar refractivity (Wildman–Crippen MR) is 89.7 cm³/mol. The number of carbonyl (C=O) groups is 4. The van der Waals surface area contributed by atoms with Crippen LogP contribution >= 0.6 is 12.6 Å². The normalized spacial score (nSPS) is 12.7. The number of hydrogen-bond donors (Lipinski definition) is 7. The molecule has 0 bridgehead atoms. The Morgan fingerprint density at radius 3 is 2.52 bits per heavy atom. The third kappa shape index (κ3) is 7.67. The van der Waals surface area contributed by atoms with Crippen molar-refractivity contribution in [3.63, 3.8) is 0 Å². The summed E-state index contributed by atoms with van der Waals surface area (Å²) in [6, 6.07) is -1.88. The largest absolute Gasteiger partial charge is 0.480 e. The minimum absolute atomic E-state index is 0.0990. The Morgan fingerprint density at radius 2 is 1.96 bits per heavy atom. The predicted octanol–water partition coefficient (Wildman–Crippen LogP) is -2.99. The molecule has 2 atom stereocenters. The van der Waals surface area contributed by atoms with Gasteiger partial charge in [-0.3, -0.25) is 19.2 Å². The number of rotatable bonds is 10. The van der Waals surface area contributed by atoms with Crippen LogP contribution < -0.4 is 21.7 Å². The van der Waals surface area contributed by atoms with E-state index < -0.39 is 48.9 Å². The summed E-state index contributed by atoms with van der Waals surface area (Å²) >= 11 is 3.92. The molecule has 1 rings (SSSR count). The van der Waals surface area contributed by atoms with E-state index in [-0.39, 0.29) is 12.2 Å². The van der Waals surface area contributed by atoms with Crippen molar-refractivity contribution < 1.29 is 24.3 Å². The highest BCUT2D eigenvalue weighted by atomic mass is 32.1. The first kappa shape index (κ1) is 20.4. The standard InChI is InChI=1S/C13H20N6O5S/c14-8(5-25)12(23)19-9(1-7-2-15-6-18-7)13(24)17-3-10(20)16-4-11(21)22/h2,6,8-9,25H,1,3-5,14H2,(H,15,18)(H,16,20)(H,17,24)(H,19,23)(H,21,22). The Kier molecular flexibility index (Phi) is 8.43. The van der Waals surface area contributed by atoms with Crippen molar-refractivity contribution in [3.05, 3.63) is 18.2 Å². The maximum absolute atomic E-state index is 12.2. The quantitative estimate of drug-likeness (QED) is 0.214. The van der Waals surface area contributed by atoms with Crippen LogP contribution in [0.25, 0.3) is 0 Å². The molecule has 0 aromatic carbocycles. The molecule has 2 unspecified atom stereocenters. The van der Waals surface area contributed by atoms with Gasteiger partial charge in [0, 0.05) is 24.1 Å². The average molecular weight is 372 g/mol. The fourth-order valence-corrected chi connectivity index (χ4v) is 1.88. The number of hydrogen-bond acceptors (Lipinski definition) is 7. The summed E-state index contributed by atoms with van der Waals surface area (Å²) < 4.78 is 0. The Morgan fingerprint density at radius 1 is 1.24 bits per heavy atom. The topological polar surface area (TPSA) is 179 Å². The summed E-state index contributed by atoms with van der Waals surface area (Å²) in [5.74, 6) is -2.97. The molecule has 0 radical (unpaired) electrons. The number of aromatic nitrogens is 2. The van der Waals surface area contributed by atoms with E-state index in [0.29, 0.717) is 5.69 Å². The number of amides is 3. The molecule has 11 nitrogen and oxygen atoms in total. The molecule has 0 fully saturated rings. The zero-order chi connectivity index (χ0) is 18.8. The lowest BCUT2D eigenvalue weighted by Gasteiger charge is -2.19. The van der Waals surface area contributed by atoms with E-state index in [0.717, 1.165) is 0 Å². The fourth-order valence-electron chi connectivity index (χ4n) is 1.71. The first-order chi connectivity index (χ1) is 11.8. The third-order valence-corrected chi connectivity index (χ3v) is 3.40. The molecule has 12 heteroatoms. The van der Waals surface area contributed by atoms with Gasteiger partial charge in [-0.15, -0.1) is 0 Å². The summed E-state index contributed by atoms with van der Waals surface area (Å²) in [6.45, 7) is -0.986. The van der Waals surface area contributed by atoms with Crippen LogP contribution in [0.5, 0.6) is 0 Å². The van der Waals surface area contributed by atoms with Crippen molar-refractivity contribution in [2.75, 3.05) is 18.8 Å². The lowest BCUT2D eigenvalue weighted by Crippen LogP contribution is -2.54. The molecule has 1 aromatic heterocycles. The molecule has 1 heterocycles. The second kappa shape index (κ2) is 10.3. The van der Waals surface area contributed by atoms with Gasteiger partial charge < -0.3 is 31.8 Å². The maximum Gasteiger partial charge on any atom is 0.322 e. The van der Waals surface area contributed by atoms with Crippen LogP contribution in [-0.4, -0.2) is 69.7 Å². The van der Waals surface area contributed by atoms with E-state index in [1.165, 1.54) is 12.5 Å². The van der Waals surface area contributed by atoms with E-state index >= 15 is 0 Å². The zero-order valence-electron chi connectivity index (χ0n) is 13.2. The first-order valence-corrected chi connectivity index (χ1v) is 7.87. The summed E-state index contributed by atoms with van der Waals surface area (Å²) in [5.41, 5.74) is 6.16. The highest BCUT2D eigenvalue weighted by Gasteiger charge is 2.24. The van der Waals surface area contributed by atoms with Crippen molar-refractivity contribution in [1.82, 2.24) is 25.9 Å². The van der Waals surface area contributed by atoms with Gasteiger partial charge in [0.1, 0.15) is 12.6 Å². The van der Waals surface area contributed by atoms with Gasteiger partial charge in [-0.25, -0.2) is 4.98 Å². The minimum Gasteiger partial charge on any atom is -0.480 e. The van der Waals surface area contributed by atoms with E-state index in [1.54, 1.807) is 0 Å². The van der Waals surface area contributed by atoms with Gasteiger partial charge in [0.15, 0.2) is 0 Å². The second-order valence-electron chi connectivity index (χ2n) is 5.02. The number of nitrogens with one attached hydrogen (secondary N) is 4. The van der Waals surface area contributed by atoms with Crippen molar-refractivity contribution >= 4 is 36.3 Å². The van der Waals surface area contributed by atoms with Crippen molar-refractivity contribution in [3.8, 4) is 0 Å². The highest BCUT2D eigenvalue weighted by molar-refractivity contribution is 7.80. The summed E-state index contributed by atoms with van der Waals surface area (Å²) in [4.78, 5) is 52.6. The van der Waals surface area contributed by atoms with Gasteiger partial charge in [-0.2, -0.15) is 12.6 Å². The minimum atomic E-state index is -1.20. The van der Waals surface area contributed by atoms with Gasteiger partial charge in [0.25, 0.3) is 0 Å². The highest BCUT2D eigenvalue weighted by Crippen LogP contribution is 2.00. The Hall–Kier alpha value is -2.60. The lowest BCUT2D eigenvalue weighted by atomic mass is 10.1. The molecule has 1 aromatic rings. The Bertz CT molecular complexity index is 608. The fraction of sp³-hybridized carbons (Fsp3) is 0.462. The molecule has 0 aliphatic carbocycles. The number of aromatic amines is 1. The zero-order valence-corrected chi connectivity index (χ0v) is 14.1. The van der Waals surface area contributed by atoms with Crippen molar-refractivity contribution in [2.24, 2.45) is 5.73 Å². The molecule has 3 amide bonds. The second-order valence-corrected chi connectivity index (χ2v) is 5.38. The van der Waals surface area contributed by atoms with E-state index in [2.05, 4.69) is 38.5 Å². The average Bonchev–Trinajstić information content (AvgIpc) is 3.09. The van der Waals surface area contributed by atoms with Crippen LogP contribution in [-0.2, 0) is 25.6 Å². The summed E-state index contributed by atoms with van der Waals surface area (Å²) in [5, 5.41) is 15.4. The number of imidazole rings is 1. The Balaban J connectivity index is 2.63. The van der Waals surface area contributed by atoms with E-state index in [9.17, 15) is 19.2 Å². The SMILES string of the molecule is NC(CS)C(=O)NC(Cc1cnc[nH]1)C(=O)NCC(=O)NCC(=O)O. The number of aliphatic carboxylic acids is 1. The number of nitrogens with two attached hydrogens (primary N) is 1. The van der Waals surface area contributed by atoms with Crippen LogP contribution in [0, 0.1) is 0 Å². The van der Waals surface area contributed by atoms with E-state index in [4.69, 9.17) is 10.8 Å². The van der Waals surface area contributed by atoms with Gasteiger partial charge in [0.05, 0.1) is 18.9 Å². The molecule has 0 saturated carbocycles. The van der Waals surface area contributed by atoms with Gasteiger partial charge in [-0.05, 0) is 0 Å².